The summed E-state index contributed by atoms with van der Waals surface area (Å²) in [7, 11) is 0. The van der Waals surface area contributed by atoms with Gasteiger partial charge in [0, 0.05) is 12.0 Å². The Morgan fingerprint density at radius 2 is 1.74 bits per heavy atom. The fourth-order valence-electron chi connectivity index (χ4n) is 2.90. The molecule has 1 aromatic carbocycles. The van der Waals surface area contributed by atoms with Gasteiger partial charge in [0.2, 0.25) is 0 Å². The fraction of sp³-hybridized carbons (Fsp3) is 0.579. The minimum Gasteiger partial charge on any atom is -0.493 e. The zero-order valence-corrected chi connectivity index (χ0v) is 13.9. The summed E-state index contributed by atoms with van der Waals surface area (Å²) in [5, 5.41) is 0. The second-order valence-electron chi connectivity index (χ2n) is 6.07. The van der Waals surface area contributed by atoms with E-state index in [4.69, 9.17) is 9.47 Å². The predicted molar refractivity (Wildman–Crippen MR) is 88.7 cm³/mol. The molecule has 1 saturated carbocycles. The van der Waals surface area contributed by atoms with Crippen molar-refractivity contribution in [1.82, 2.24) is 0 Å². The summed E-state index contributed by atoms with van der Waals surface area (Å²) in [5.74, 6) is 1.09. The van der Waals surface area contributed by atoms with Crippen molar-refractivity contribution in [2.45, 2.75) is 51.9 Å². The summed E-state index contributed by atoms with van der Waals surface area (Å²) < 4.78 is 10.7. The first-order valence-electron chi connectivity index (χ1n) is 8.60. The molecule has 4 heteroatoms. The molecule has 23 heavy (non-hydrogen) atoms. The first kappa shape index (κ1) is 17.5. The van der Waals surface area contributed by atoms with Gasteiger partial charge in [-0.25, -0.2) is 0 Å². The smallest absolute Gasteiger partial charge is 0.306 e. The molecule has 1 fully saturated rings. The zero-order chi connectivity index (χ0) is 16.5. The van der Waals surface area contributed by atoms with Gasteiger partial charge >= 0.3 is 5.97 Å². The van der Waals surface area contributed by atoms with Crippen LogP contribution in [-0.4, -0.2) is 25.0 Å². The second kappa shape index (κ2) is 9.33. The third kappa shape index (κ3) is 6.05. The van der Waals surface area contributed by atoms with Crippen molar-refractivity contribution in [2.75, 3.05) is 13.2 Å². The Morgan fingerprint density at radius 3 is 2.39 bits per heavy atom. The fourth-order valence-corrected chi connectivity index (χ4v) is 2.90. The van der Waals surface area contributed by atoms with Crippen LogP contribution in [0, 0.1) is 5.92 Å². The molecule has 0 amide bonds. The van der Waals surface area contributed by atoms with Gasteiger partial charge in [0.05, 0.1) is 19.6 Å². The van der Waals surface area contributed by atoms with Crippen LogP contribution in [-0.2, 0) is 9.53 Å². The summed E-state index contributed by atoms with van der Waals surface area (Å²) >= 11 is 0. The van der Waals surface area contributed by atoms with Crippen LogP contribution in [0.3, 0.4) is 0 Å². The lowest BCUT2D eigenvalue weighted by Gasteiger charge is -2.21. The van der Waals surface area contributed by atoms with Crippen LogP contribution in [0.4, 0.5) is 0 Å². The number of benzene rings is 1. The Bertz CT molecular complexity index is 501. The van der Waals surface area contributed by atoms with Crippen LogP contribution in [0.15, 0.2) is 24.3 Å². The molecule has 0 heterocycles. The largest absolute Gasteiger partial charge is 0.493 e. The summed E-state index contributed by atoms with van der Waals surface area (Å²) in [6, 6.07) is 7.20. The average Bonchev–Trinajstić information content (AvgIpc) is 2.59. The number of hydrogen-bond acceptors (Lipinski definition) is 4. The molecule has 0 bridgehead atoms. The van der Waals surface area contributed by atoms with Crippen LogP contribution in [0.1, 0.15) is 62.2 Å². The van der Waals surface area contributed by atoms with Crippen LogP contribution < -0.4 is 4.74 Å². The molecule has 4 nitrogen and oxygen atoms in total. The third-order valence-corrected chi connectivity index (χ3v) is 4.25. The Labute approximate surface area is 138 Å². The maximum atomic E-state index is 12.0. The molecule has 0 saturated heterocycles. The standard InChI is InChI=1S/C19H26O4/c1-2-22-19(21)13-12-18(20)16-8-10-17(11-9-16)23-14-15-6-4-3-5-7-15/h8-11,15H,2-7,12-14H2,1H3. The van der Waals surface area contributed by atoms with Gasteiger partial charge < -0.3 is 9.47 Å². The van der Waals surface area contributed by atoms with Crippen LogP contribution >= 0.6 is 0 Å². The molecule has 0 spiro atoms. The quantitative estimate of drug-likeness (QED) is 0.533. The van der Waals surface area contributed by atoms with Crippen LogP contribution in [0.5, 0.6) is 5.75 Å². The molecule has 1 aromatic rings. The first-order valence-corrected chi connectivity index (χ1v) is 8.60. The molecule has 2 rings (SSSR count). The summed E-state index contributed by atoms with van der Waals surface area (Å²) in [6.45, 7) is 2.86. The van der Waals surface area contributed by atoms with E-state index in [1.54, 1.807) is 19.1 Å². The SMILES string of the molecule is CCOC(=O)CCC(=O)c1ccc(OCC2CCCCC2)cc1. The van der Waals surface area contributed by atoms with E-state index in [0.717, 1.165) is 12.4 Å². The molecular formula is C19H26O4. The van der Waals surface area contributed by atoms with Gasteiger partial charge in [-0.05, 0) is 49.9 Å². The highest BCUT2D eigenvalue weighted by molar-refractivity contribution is 5.97. The Balaban J connectivity index is 1.76. The second-order valence-corrected chi connectivity index (χ2v) is 6.07. The average molecular weight is 318 g/mol. The van der Waals surface area contributed by atoms with E-state index in [1.165, 1.54) is 32.1 Å². The lowest BCUT2D eigenvalue weighted by Crippen LogP contribution is -2.15. The van der Waals surface area contributed by atoms with E-state index in [1.807, 2.05) is 12.1 Å². The highest BCUT2D eigenvalue weighted by Gasteiger charge is 2.14. The van der Waals surface area contributed by atoms with Gasteiger partial charge in [-0.2, -0.15) is 0 Å². The molecule has 1 aliphatic carbocycles. The highest BCUT2D eigenvalue weighted by Crippen LogP contribution is 2.24. The Kier molecular flexibility index (Phi) is 7.11. The molecule has 0 aromatic heterocycles. The number of ether oxygens (including phenoxy) is 2. The monoisotopic (exact) mass is 318 g/mol. The number of rotatable bonds is 8. The molecule has 0 N–H and O–H groups in total. The van der Waals surface area contributed by atoms with Crippen molar-refractivity contribution in [3.63, 3.8) is 0 Å². The topological polar surface area (TPSA) is 52.6 Å². The van der Waals surface area contributed by atoms with Gasteiger partial charge in [0.1, 0.15) is 5.75 Å². The van der Waals surface area contributed by atoms with E-state index in [0.29, 0.717) is 18.1 Å². The lowest BCUT2D eigenvalue weighted by molar-refractivity contribution is -0.143. The van der Waals surface area contributed by atoms with Gasteiger partial charge in [0.25, 0.3) is 0 Å². The molecular weight excluding hydrogens is 292 g/mol. The number of Topliss-reactive ketones (excluding diaryl/α,β-unsaturated/α-hetero) is 1. The number of carbonyl (C=O) groups is 2. The van der Waals surface area contributed by atoms with Crippen molar-refractivity contribution in [3.8, 4) is 5.75 Å². The van der Waals surface area contributed by atoms with E-state index in [2.05, 4.69) is 0 Å². The minimum absolute atomic E-state index is 0.0446. The van der Waals surface area contributed by atoms with E-state index < -0.39 is 0 Å². The number of carbonyl (C=O) groups excluding carboxylic acids is 2. The molecule has 0 aliphatic heterocycles. The number of ketones is 1. The lowest BCUT2D eigenvalue weighted by atomic mass is 9.90. The molecule has 0 radical (unpaired) electrons. The van der Waals surface area contributed by atoms with Crippen LogP contribution in [0.25, 0.3) is 0 Å². The van der Waals surface area contributed by atoms with Crippen molar-refractivity contribution in [1.29, 1.82) is 0 Å². The maximum Gasteiger partial charge on any atom is 0.306 e. The summed E-state index contributed by atoms with van der Waals surface area (Å²) in [6.07, 6.45) is 6.78. The highest BCUT2D eigenvalue weighted by atomic mass is 16.5. The van der Waals surface area contributed by atoms with Crippen molar-refractivity contribution in [2.24, 2.45) is 5.92 Å². The van der Waals surface area contributed by atoms with Crippen LogP contribution in [0.2, 0.25) is 0 Å². The molecule has 0 unspecified atom stereocenters. The Hall–Kier alpha value is -1.84. The normalized spacial score (nSPS) is 15.2. The number of hydrogen-bond donors (Lipinski definition) is 0. The summed E-state index contributed by atoms with van der Waals surface area (Å²) in [5.41, 5.74) is 0.610. The van der Waals surface area contributed by atoms with Crippen molar-refractivity contribution < 1.29 is 19.1 Å². The van der Waals surface area contributed by atoms with Gasteiger partial charge in [-0.3, -0.25) is 9.59 Å². The summed E-state index contributed by atoms with van der Waals surface area (Å²) in [4.78, 5) is 23.3. The molecule has 0 atom stereocenters. The van der Waals surface area contributed by atoms with E-state index in [-0.39, 0.29) is 24.6 Å². The van der Waals surface area contributed by atoms with Crippen molar-refractivity contribution >= 4 is 11.8 Å². The third-order valence-electron chi connectivity index (χ3n) is 4.25. The van der Waals surface area contributed by atoms with Gasteiger partial charge in [-0.15, -0.1) is 0 Å². The minimum atomic E-state index is -0.326. The Morgan fingerprint density at radius 1 is 1.04 bits per heavy atom. The van der Waals surface area contributed by atoms with Crippen molar-refractivity contribution in [3.05, 3.63) is 29.8 Å². The number of esters is 1. The van der Waals surface area contributed by atoms with E-state index >= 15 is 0 Å². The van der Waals surface area contributed by atoms with Gasteiger partial charge in [0.15, 0.2) is 5.78 Å². The molecule has 126 valence electrons. The molecule has 1 aliphatic rings. The van der Waals surface area contributed by atoms with E-state index in [9.17, 15) is 9.59 Å². The maximum absolute atomic E-state index is 12.0. The van der Waals surface area contributed by atoms with Gasteiger partial charge in [-0.1, -0.05) is 19.3 Å². The first-order chi connectivity index (χ1) is 11.2. The zero-order valence-electron chi connectivity index (χ0n) is 13.9. The predicted octanol–water partition coefficient (Wildman–Crippen LogP) is 4.17.